The Morgan fingerprint density at radius 1 is 1.15 bits per heavy atom. The van der Waals surface area contributed by atoms with Gasteiger partial charge in [-0.3, -0.25) is 14.4 Å². The van der Waals surface area contributed by atoms with Crippen molar-refractivity contribution in [2.24, 2.45) is 7.05 Å². The second-order valence-corrected chi connectivity index (χ2v) is 8.23. The minimum atomic E-state index is -0.851. The maximum atomic E-state index is 13.4. The maximum absolute atomic E-state index is 13.4. The van der Waals surface area contributed by atoms with Gasteiger partial charge in [0.05, 0.1) is 17.3 Å². The molecule has 2 aromatic heterocycles. The number of aromatic hydroxyl groups is 1. The van der Waals surface area contributed by atoms with Crippen LogP contribution in [0.15, 0.2) is 50.4 Å². The molecule has 1 aliphatic heterocycles. The highest BCUT2D eigenvalue weighted by Gasteiger charge is 2.38. The van der Waals surface area contributed by atoms with Crippen LogP contribution >= 0.6 is 0 Å². The summed E-state index contributed by atoms with van der Waals surface area (Å²) >= 11 is 0. The lowest BCUT2D eigenvalue weighted by Crippen LogP contribution is -2.29. The molecule has 1 aliphatic rings. The number of fused-ring (bicyclic) bond motifs is 4. The van der Waals surface area contributed by atoms with E-state index in [-0.39, 0.29) is 39.8 Å². The van der Waals surface area contributed by atoms with Crippen LogP contribution in [0.1, 0.15) is 46.3 Å². The third-order valence-corrected chi connectivity index (χ3v) is 6.17. The Bertz CT molecular complexity index is 1640. The van der Waals surface area contributed by atoms with Crippen molar-refractivity contribution in [2.75, 3.05) is 0 Å². The predicted molar refractivity (Wildman–Crippen MR) is 120 cm³/mol. The average Bonchev–Trinajstić information content (AvgIpc) is 2.74. The van der Waals surface area contributed by atoms with E-state index < -0.39 is 29.0 Å². The first-order chi connectivity index (χ1) is 15.7. The Morgan fingerprint density at radius 2 is 1.88 bits per heavy atom. The molecule has 0 aliphatic carbocycles. The minimum Gasteiger partial charge on any atom is -0.506 e. The van der Waals surface area contributed by atoms with Crippen LogP contribution < -0.4 is 15.9 Å². The summed E-state index contributed by atoms with van der Waals surface area (Å²) < 4.78 is 12.4. The van der Waals surface area contributed by atoms with Gasteiger partial charge in [0.15, 0.2) is 11.5 Å². The molecular weight excluding hydrogens is 426 g/mol. The van der Waals surface area contributed by atoms with Crippen molar-refractivity contribution < 1.29 is 23.8 Å². The summed E-state index contributed by atoms with van der Waals surface area (Å²) in [6.45, 7) is 2.84. The molecule has 0 unspecified atom stereocenters. The lowest BCUT2D eigenvalue weighted by molar-refractivity contribution is -0.135. The number of hydrogen-bond acceptors (Lipinski definition) is 7. The van der Waals surface area contributed by atoms with Gasteiger partial charge in [-0.25, -0.2) is 4.79 Å². The Hall–Kier alpha value is -4.20. The number of phenols is 1. The van der Waals surface area contributed by atoms with Crippen molar-refractivity contribution in [3.05, 3.63) is 79.4 Å². The third kappa shape index (κ3) is 2.98. The number of aryl methyl sites for hydroxylation is 2. The minimum absolute atomic E-state index is 0.00906. The summed E-state index contributed by atoms with van der Waals surface area (Å²) in [6, 6.07) is 10.2. The maximum Gasteiger partial charge on any atom is 0.336 e. The number of phenolic OH excluding ortho intramolecular Hbond substituents is 1. The lowest BCUT2D eigenvalue weighted by atomic mass is 9.82. The standard InChI is InChI=1S/C25H19NO7/c1-11-8-17(28)32-23-19(11)22(30)20(12(2)27)24-21(23)14(10-18(29)33-24)15-9-13-6-4-5-7-16(13)26(3)25(15)31/h4-9,14,30H,10H2,1-3H3/t14-/m0/s1. The molecule has 2 aromatic carbocycles. The molecule has 4 aromatic rings. The molecule has 0 saturated carbocycles. The van der Waals surface area contributed by atoms with E-state index in [0.29, 0.717) is 16.6 Å². The average molecular weight is 445 g/mol. The molecule has 0 amide bonds. The van der Waals surface area contributed by atoms with Crippen LogP contribution in [0.4, 0.5) is 0 Å². The van der Waals surface area contributed by atoms with E-state index >= 15 is 0 Å². The number of carbonyl (C=O) groups is 2. The fraction of sp³-hybridized carbons (Fsp3) is 0.200. The molecule has 0 bridgehead atoms. The molecule has 1 atom stereocenters. The molecular formula is C25H19NO7. The van der Waals surface area contributed by atoms with Crippen LogP contribution in [0.3, 0.4) is 0 Å². The van der Waals surface area contributed by atoms with Crippen LogP contribution in [-0.2, 0) is 11.8 Å². The van der Waals surface area contributed by atoms with Crippen LogP contribution in [0.5, 0.6) is 11.5 Å². The van der Waals surface area contributed by atoms with Gasteiger partial charge in [-0.05, 0) is 36.9 Å². The highest BCUT2D eigenvalue weighted by atomic mass is 16.5. The summed E-state index contributed by atoms with van der Waals surface area (Å²) in [6.07, 6.45) is -0.199. The number of hydrogen-bond donors (Lipinski definition) is 1. The second-order valence-electron chi connectivity index (χ2n) is 8.23. The molecule has 33 heavy (non-hydrogen) atoms. The van der Waals surface area contributed by atoms with Crippen molar-refractivity contribution in [2.45, 2.75) is 26.2 Å². The van der Waals surface area contributed by atoms with Crippen molar-refractivity contribution in [3.8, 4) is 11.5 Å². The number of nitrogens with zero attached hydrogens (tertiary/aromatic N) is 1. The first-order valence-electron chi connectivity index (χ1n) is 10.3. The van der Waals surface area contributed by atoms with E-state index in [9.17, 15) is 24.3 Å². The fourth-order valence-electron chi connectivity index (χ4n) is 4.70. The van der Waals surface area contributed by atoms with Crippen LogP contribution in [-0.4, -0.2) is 21.4 Å². The van der Waals surface area contributed by atoms with Gasteiger partial charge in [-0.15, -0.1) is 0 Å². The van der Waals surface area contributed by atoms with Crippen molar-refractivity contribution in [1.29, 1.82) is 0 Å². The highest BCUT2D eigenvalue weighted by molar-refractivity contribution is 6.09. The molecule has 3 heterocycles. The second kappa shape index (κ2) is 7.16. The van der Waals surface area contributed by atoms with Gasteiger partial charge in [0.25, 0.3) is 5.56 Å². The van der Waals surface area contributed by atoms with E-state index in [0.717, 1.165) is 5.39 Å². The molecule has 8 nitrogen and oxygen atoms in total. The highest BCUT2D eigenvalue weighted by Crippen LogP contribution is 2.49. The van der Waals surface area contributed by atoms with Crippen LogP contribution in [0.2, 0.25) is 0 Å². The molecule has 166 valence electrons. The fourth-order valence-corrected chi connectivity index (χ4v) is 4.70. The number of esters is 1. The molecule has 0 spiro atoms. The van der Waals surface area contributed by atoms with Gasteiger partial charge in [0, 0.05) is 30.2 Å². The largest absolute Gasteiger partial charge is 0.506 e. The molecule has 5 rings (SSSR count). The Balaban J connectivity index is 1.97. The van der Waals surface area contributed by atoms with Gasteiger partial charge in [0.2, 0.25) is 0 Å². The number of pyridine rings is 1. The quantitative estimate of drug-likeness (QED) is 0.218. The summed E-state index contributed by atoms with van der Waals surface area (Å²) in [5.74, 6) is -2.67. The van der Waals surface area contributed by atoms with E-state index in [4.69, 9.17) is 9.15 Å². The van der Waals surface area contributed by atoms with E-state index in [1.165, 1.54) is 17.6 Å². The summed E-state index contributed by atoms with van der Waals surface area (Å²) in [5.41, 5.74) is 0.424. The van der Waals surface area contributed by atoms with E-state index in [2.05, 4.69) is 0 Å². The Kier molecular flexibility index (Phi) is 4.49. The van der Waals surface area contributed by atoms with Gasteiger partial charge < -0.3 is 18.8 Å². The zero-order valence-electron chi connectivity index (χ0n) is 18.1. The SMILES string of the molecule is CC(=O)c1c2c(c3oc(=O)cc(C)c3c1O)[C@H](c1cc3ccccc3n(C)c1=O)CC(=O)O2. The molecule has 0 radical (unpaired) electrons. The molecule has 0 fully saturated rings. The van der Waals surface area contributed by atoms with Gasteiger partial charge >= 0.3 is 11.6 Å². The normalized spacial score (nSPS) is 15.5. The number of rotatable bonds is 2. The lowest BCUT2D eigenvalue weighted by Gasteiger charge is -2.28. The number of carbonyl (C=O) groups excluding carboxylic acids is 2. The molecule has 0 saturated heterocycles. The van der Waals surface area contributed by atoms with Gasteiger partial charge in [-0.2, -0.15) is 0 Å². The van der Waals surface area contributed by atoms with Crippen molar-refractivity contribution in [1.82, 2.24) is 4.57 Å². The zero-order valence-corrected chi connectivity index (χ0v) is 18.1. The van der Waals surface area contributed by atoms with Crippen molar-refractivity contribution >= 4 is 33.6 Å². The summed E-state index contributed by atoms with van der Waals surface area (Å²) in [4.78, 5) is 50.7. The smallest absolute Gasteiger partial charge is 0.336 e. The predicted octanol–water partition coefficient (Wildman–Crippen LogP) is 3.30. The number of aromatic nitrogens is 1. The third-order valence-electron chi connectivity index (χ3n) is 6.17. The van der Waals surface area contributed by atoms with Gasteiger partial charge in [-0.1, -0.05) is 18.2 Å². The summed E-state index contributed by atoms with van der Waals surface area (Å²) in [5, 5.41) is 11.8. The summed E-state index contributed by atoms with van der Waals surface area (Å²) in [7, 11) is 1.64. The van der Waals surface area contributed by atoms with Crippen LogP contribution in [0.25, 0.3) is 21.9 Å². The number of ketones is 1. The Morgan fingerprint density at radius 3 is 2.61 bits per heavy atom. The molecule has 1 N–H and O–H groups in total. The van der Waals surface area contributed by atoms with Crippen LogP contribution in [0, 0.1) is 6.92 Å². The topological polar surface area (TPSA) is 116 Å². The monoisotopic (exact) mass is 445 g/mol. The zero-order chi connectivity index (χ0) is 23.6. The number of ether oxygens (including phenoxy) is 1. The number of para-hydroxylation sites is 1. The molecule has 8 heteroatoms. The first-order valence-corrected chi connectivity index (χ1v) is 10.3. The number of benzene rings is 2. The van der Waals surface area contributed by atoms with Gasteiger partial charge in [0.1, 0.15) is 16.9 Å². The van der Waals surface area contributed by atoms with E-state index in [1.807, 2.05) is 24.3 Å². The number of Topliss-reactive ketones (excluding diaryl/α,β-unsaturated/α-hetero) is 1. The first kappa shape index (κ1) is 20.7. The van der Waals surface area contributed by atoms with Crippen molar-refractivity contribution in [3.63, 3.8) is 0 Å². The van der Waals surface area contributed by atoms with E-state index in [1.54, 1.807) is 20.0 Å². The Labute approximate surface area is 186 Å².